The largest absolute Gasteiger partial charge is 0.389 e. The van der Waals surface area contributed by atoms with Gasteiger partial charge in [0.2, 0.25) is 5.91 Å². The van der Waals surface area contributed by atoms with Crippen molar-refractivity contribution in [1.29, 1.82) is 0 Å². The number of carbonyl (C=O) groups excluding carboxylic acids is 1. The van der Waals surface area contributed by atoms with E-state index in [1.54, 1.807) is 26.0 Å². The Morgan fingerprint density at radius 3 is 2.88 bits per heavy atom. The first-order chi connectivity index (χ1) is 7.46. The lowest BCUT2D eigenvalue weighted by Gasteiger charge is -2.25. The van der Waals surface area contributed by atoms with Gasteiger partial charge in [-0.05, 0) is 13.3 Å². The summed E-state index contributed by atoms with van der Waals surface area (Å²) in [6.07, 6.45) is 1.38. The quantitative estimate of drug-likeness (QED) is 0.651. The first-order valence-electron chi connectivity index (χ1n) is 5.66. The van der Waals surface area contributed by atoms with E-state index in [1.807, 2.05) is 0 Å². The Bertz CT molecular complexity index is 243. The molecule has 0 aliphatic carbocycles. The van der Waals surface area contributed by atoms with Gasteiger partial charge in [0.25, 0.3) is 0 Å². The van der Waals surface area contributed by atoms with Crippen LogP contribution in [0.15, 0.2) is 0 Å². The molecule has 0 aromatic carbocycles. The van der Waals surface area contributed by atoms with Crippen LogP contribution in [0.4, 0.5) is 0 Å². The fourth-order valence-electron chi connectivity index (χ4n) is 1.77. The van der Waals surface area contributed by atoms with Gasteiger partial charge in [0.1, 0.15) is 0 Å². The Labute approximate surface area is 96.8 Å². The van der Waals surface area contributed by atoms with E-state index in [-0.39, 0.29) is 11.9 Å². The maximum atomic E-state index is 11.6. The fourth-order valence-corrected chi connectivity index (χ4v) is 1.77. The number of likely N-dealkylation sites (tertiary alicyclic amines) is 1. The third kappa shape index (κ3) is 3.73. The van der Waals surface area contributed by atoms with Crippen LogP contribution in [0, 0.1) is 0 Å². The molecular weight excluding hydrogens is 208 g/mol. The highest BCUT2D eigenvalue weighted by Crippen LogP contribution is 2.12. The Morgan fingerprint density at radius 2 is 2.38 bits per heavy atom. The summed E-state index contributed by atoms with van der Waals surface area (Å²) in [5.74, 6) is 0.113. The molecule has 1 aliphatic rings. The van der Waals surface area contributed by atoms with Crippen LogP contribution in [0.3, 0.4) is 0 Å². The van der Waals surface area contributed by atoms with Gasteiger partial charge in [0.15, 0.2) is 0 Å². The highest BCUT2D eigenvalue weighted by Gasteiger charge is 2.30. The van der Waals surface area contributed by atoms with Gasteiger partial charge in [-0.3, -0.25) is 4.79 Å². The van der Waals surface area contributed by atoms with Crippen molar-refractivity contribution in [3.8, 4) is 0 Å². The number of carbonyl (C=O) groups is 1. The minimum atomic E-state index is -0.822. The molecule has 1 saturated heterocycles. The first kappa shape index (κ1) is 13.4. The molecule has 0 aromatic rings. The summed E-state index contributed by atoms with van der Waals surface area (Å²) in [7, 11) is 3.41. The average Bonchev–Trinajstić information content (AvgIpc) is 2.55. The number of amides is 1. The number of nitrogens with zero attached hydrogens (tertiary/aromatic N) is 1. The number of hydrogen-bond acceptors (Lipinski definition) is 4. The molecule has 1 heterocycles. The summed E-state index contributed by atoms with van der Waals surface area (Å²) in [5, 5.41) is 13.1. The summed E-state index contributed by atoms with van der Waals surface area (Å²) in [6.45, 7) is 3.48. The van der Waals surface area contributed by atoms with Gasteiger partial charge in [-0.2, -0.15) is 0 Å². The minimum Gasteiger partial charge on any atom is -0.389 e. The lowest BCUT2D eigenvalue weighted by atomic mass is 10.0. The standard InChI is InChI=1S/C11H22N2O3/c1-11(15,5-7-16-3)8-12-9-4-6-13(2)10(9)14/h9,12,15H,4-8H2,1-3H3. The summed E-state index contributed by atoms with van der Waals surface area (Å²) in [4.78, 5) is 13.3. The van der Waals surface area contributed by atoms with Gasteiger partial charge in [0.05, 0.1) is 11.6 Å². The normalized spacial score (nSPS) is 24.9. The van der Waals surface area contributed by atoms with Crippen LogP contribution < -0.4 is 5.32 Å². The van der Waals surface area contributed by atoms with Crippen LogP contribution >= 0.6 is 0 Å². The Kier molecular flexibility index (Phi) is 4.70. The SMILES string of the molecule is COCCC(C)(O)CNC1CCN(C)C1=O. The third-order valence-corrected chi connectivity index (χ3v) is 3.00. The number of ether oxygens (including phenoxy) is 1. The third-order valence-electron chi connectivity index (χ3n) is 3.00. The molecule has 1 aliphatic heterocycles. The zero-order valence-corrected chi connectivity index (χ0v) is 10.3. The zero-order valence-electron chi connectivity index (χ0n) is 10.3. The second-order valence-corrected chi connectivity index (χ2v) is 4.72. The van der Waals surface area contributed by atoms with Crippen LogP contribution in [-0.4, -0.2) is 61.4 Å². The van der Waals surface area contributed by atoms with Gasteiger partial charge in [-0.25, -0.2) is 0 Å². The summed E-state index contributed by atoms with van der Waals surface area (Å²) in [6, 6.07) is -0.140. The molecule has 94 valence electrons. The molecule has 0 radical (unpaired) electrons. The predicted molar refractivity (Wildman–Crippen MR) is 61.2 cm³/mol. The van der Waals surface area contributed by atoms with Crippen molar-refractivity contribution in [3.05, 3.63) is 0 Å². The molecule has 2 atom stereocenters. The molecule has 1 rings (SSSR count). The smallest absolute Gasteiger partial charge is 0.239 e. The van der Waals surface area contributed by atoms with Crippen molar-refractivity contribution in [1.82, 2.24) is 10.2 Å². The van der Waals surface area contributed by atoms with Crippen molar-refractivity contribution in [2.45, 2.75) is 31.4 Å². The van der Waals surface area contributed by atoms with E-state index in [0.717, 1.165) is 13.0 Å². The molecule has 1 amide bonds. The topological polar surface area (TPSA) is 61.8 Å². The van der Waals surface area contributed by atoms with Crippen LogP contribution in [0.5, 0.6) is 0 Å². The maximum absolute atomic E-state index is 11.6. The van der Waals surface area contributed by atoms with Crippen LogP contribution in [0.1, 0.15) is 19.8 Å². The second-order valence-electron chi connectivity index (χ2n) is 4.72. The molecule has 0 saturated carbocycles. The maximum Gasteiger partial charge on any atom is 0.239 e. The van der Waals surface area contributed by atoms with E-state index in [2.05, 4.69) is 5.32 Å². The van der Waals surface area contributed by atoms with Crippen molar-refractivity contribution in [2.24, 2.45) is 0 Å². The lowest BCUT2D eigenvalue weighted by molar-refractivity contribution is -0.128. The van der Waals surface area contributed by atoms with Crippen molar-refractivity contribution < 1.29 is 14.6 Å². The highest BCUT2D eigenvalue weighted by molar-refractivity contribution is 5.83. The Morgan fingerprint density at radius 1 is 1.69 bits per heavy atom. The summed E-state index contributed by atoms with van der Waals surface area (Å²) < 4.78 is 4.92. The Hall–Kier alpha value is -0.650. The average molecular weight is 230 g/mol. The molecular formula is C11H22N2O3. The first-order valence-corrected chi connectivity index (χ1v) is 5.66. The number of rotatable bonds is 6. The molecule has 0 spiro atoms. The molecule has 5 heteroatoms. The van der Waals surface area contributed by atoms with E-state index in [1.165, 1.54) is 0 Å². The van der Waals surface area contributed by atoms with E-state index < -0.39 is 5.60 Å². The van der Waals surface area contributed by atoms with E-state index in [9.17, 15) is 9.90 Å². The fraction of sp³-hybridized carbons (Fsp3) is 0.909. The van der Waals surface area contributed by atoms with Crippen molar-refractivity contribution >= 4 is 5.91 Å². The Balaban J connectivity index is 2.31. The molecule has 0 bridgehead atoms. The van der Waals surface area contributed by atoms with Gasteiger partial charge in [0, 0.05) is 40.3 Å². The van der Waals surface area contributed by atoms with Gasteiger partial charge < -0.3 is 20.1 Å². The highest BCUT2D eigenvalue weighted by atomic mass is 16.5. The number of hydrogen-bond donors (Lipinski definition) is 2. The monoisotopic (exact) mass is 230 g/mol. The van der Waals surface area contributed by atoms with Crippen molar-refractivity contribution in [3.63, 3.8) is 0 Å². The second kappa shape index (κ2) is 5.61. The molecule has 5 nitrogen and oxygen atoms in total. The van der Waals surface area contributed by atoms with Gasteiger partial charge >= 0.3 is 0 Å². The van der Waals surface area contributed by atoms with E-state index in [4.69, 9.17) is 4.74 Å². The summed E-state index contributed by atoms with van der Waals surface area (Å²) >= 11 is 0. The molecule has 1 fully saturated rings. The number of likely N-dealkylation sites (N-methyl/N-ethyl adjacent to an activating group) is 1. The minimum absolute atomic E-state index is 0.113. The van der Waals surface area contributed by atoms with Crippen LogP contribution in [-0.2, 0) is 9.53 Å². The zero-order chi connectivity index (χ0) is 12.2. The van der Waals surface area contributed by atoms with Crippen LogP contribution in [0.2, 0.25) is 0 Å². The van der Waals surface area contributed by atoms with Crippen molar-refractivity contribution in [2.75, 3.05) is 33.9 Å². The van der Waals surface area contributed by atoms with Crippen LogP contribution in [0.25, 0.3) is 0 Å². The molecule has 2 N–H and O–H groups in total. The number of nitrogens with one attached hydrogen (secondary N) is 1. The summed E-state index contributed by atoms with van der Waals surface area (Å²) in [5.41, 5.74) is -0.822. The number of methoxy groups -OCH3 is 1. The lowest BCUT2D eigenvalue weighted by Crippen LogP contribution is -2.46. The number of aliphatic hydroxyl groups is 1. The molecule has 2 unspecified atom stereocenters. The molecule has 16 heavy (non-hydrogen) atoms. The predicted octanol–water partition coefficient (Wildman–Crippen LogP) is -0.406. The van der Waals surface area contributed by atoms with Gasteiger partial charge in [-0.1, -0.05) is 0 Å². The van der Waals surface area contributed by atoms with Gasteiger partial charge in [-0.15, -0.1) is 0 Å². The van der Waals surface area contributed by atoms with E-state index in [0.29, 0.717) is 19.6 Å². The van der Waals surface area contributed by atoms with E-state index >= 15 is 0 Å². The molecule has 0 aromatic heterocycles.